The standard InChI is InChI=1S/C12H23N5/c1-5-6-11-15-10(13)7-12(16-11)14-9(2)8-17(3)4/h7,9H,5-6,8H2,1-4H3,(H3,13,14,15,16). The Morgan fingerprint density at radius 2 is 2.12 bits per heavy atom. The van der Waals surface area contributed by atoms with Crippen LogP contribution in [0.15, 0.2) is 6.07 Å². The number of likely N-dealkylation sites (N-methyl/N-ethyl adjacent to an activating group) is 1. The Morgan fingerprint density at radius 3 is 2.71 bits per heavy atom. The van der Waals surface area contributed by atoms with E-state index >= 15 is 0 Å². The minimum absolute atomic E-state index is 0.328. The fourth-order valence-electron chi connectivity index (χ4n) is 1.77. The van der Waals surface area contributed by atoms with Gasteiger partial charge in [0.15, 0.2) is 0 Å². The topological polar surface area (TPSA) is 67.1 Å². The van der Waals surface area contributed by atoms with Gasteiger partial charge in [0.2, 0.25) is 0 Å². The zero-order valence-corrected chi connectivity index (χ0v) is 11.2. The van der Waals surface area contributed by atoms with E-state index in [2.05, 4.69) is 48.1 Å². The molecule has 5 heteroatoms. The van der Waals surface area contributed by atoms with E-state index in [4.69, 9.17) is 5.73 Å². The van der Waals surface area contributed by atoms with Crippen molar-refractivity contribution in [2.24, 2.45) is 0 Å². The van der Waals surface area contributed by atoms with E-state index in [0.717, 1.165) is 31.0 Å². The number of anilines is 2. The van der Waals surface area contributed by atoms with Crippen molar-refractivity contribution in [1.82, 2.24) is 14.9 Å². The van der Waals surface area contributed by atoms with Crippen molar-refractivity contribution in [3.05, 3.63) is 11.9 Å². The van der Waals surface area contributed by atoms with Crippen LogP contribution in [0.25, 0.3) is 0 Å². The molecule has 1 atom stereocenters. The fourth-order valence-corrected chi connectivity index (χ4v) is 1.77. The maximum Gasteiger partial charge on any atom is 0.133 e. The summed E-state index contributed by atoms with van der Waals surface area (Å²) in [7, 11) is 4.10. The van der Waals surface area contributed by atoms with Gasteiger partial charge < -0.3 is 16.0 Å². The van der Waals surface area contributed by atoms with Gasteiger partial charge in [0.25, 0.3) is 0 Å². The first-order chi connectivity index (χ1) is 8.01. The molecule has 3 N–H and O–H groups in total. The molecule has 0 radical (unpaired) electrons. The molecule has 0 aliphatic carbocycles. The summed E-state index contributed by atoms with van der Waals surface area (Å²) in [5.74, 6) is 2.16. The molecule has 0 saturated heterocycles. The molecule has 0 aliphatic heterocycles. The van der Waals surface area contributed by atoms with E-state index in [9.17, 15) is 0 Å². The molecule has 0 fully saturated rings. The van der Waals surface area contributed by atoms with Crippen molar-refractivity contribution < 1.29 is 0 Å². The highest BCUT2D eigenvalue weighted by Gasteiger charge is 2.06. The maximum atomic E-state index is 5.77. The molecule has 1 unspecified atom stereocenters. The summed E-state index contributed by atoms with van der Waals surface area (Å²) in [6.07, 6.45) is 1.89. The van der Waals surface area contributed by atoms with Crippen LogP contribution in [0.3, 0.4) is 0 Å². The summed E-state index contributed by atoms with van der Waals surface area (Å²) >= 11 is 0. The lowest BCUT2D eigenvalue weighted by molar-refractivity contribution is 0.392. The number of aryl methyl sites for hydroxylation is 1. The van der Waals surface area contributed by atoms with E-state index in [-0.39, 0.29) is 0 Å². The van der Waals surface area contributed by atoms with Gasteiger partial charge in [-0.25, -0.2) is 9.97 Å². The molecule has 0 bridgehead atoms. The molecule has 0 aromatic carbocycles. The Morgan fingerprint density at radius 1 is 1.41 bits per heavy atom. The SMILES string of the molecule is CCCc1nc(N)cc(NC(C)CN(C)C)n1. The third kappa shape index (κ3) is 4.99. The van der Waals surface area contributed by atoms with E-state index in [1.165, 1.54) is 0 Å². The number of nitrogens with zero attached hydrogens (tertiary/aromatic N) is 3. The number of nitrogens with two attached hydrogens (primary N) is 1. The minimum Gasteiger partial charge on any atom is -0.384 e. The van der Waals surface area contributed by atoms with Crippen LogP contribution >= 0.6 is 0 Å². The van der Waals surface area contributed by atoms with E-state index in [1.807, 2.05) is 0 Å². The molecule has 1 rings (SSSR count). The molecule has 5 nitrogen and oxygen atoms in total. The van der Waals surface area contributed by atoms with Gasteiger partial charge in [0.05, 0.1) is 0 Å². The highest BCUT2D eigenvalue weighted by molar-refractivity contribution is 5.45. The van der Waals surface area contributed by atoms with Gasteiger partial charge in [-0.05, 0) is 27.4 Å². The zero-order chi connectivity index (χ0) is 12.8. The lowest BCUT2D eigenvalue weighted by atomic mass is 10.3. The molecule has 17 heavy (non-hydrogen) atoms. The minimum atomic E-state index is 0.328. The quantitative estimate of drug-likeness (QED) is 0.782. The Bertz CT molecular complexity index is 351. The van der Waals surface area contributed by atoms with Crippen LogP contribution in [0.1, 0.15) is 26.1 Å². The van der Waals surface area contributed by atoms with Crippen molar-refractivity contribution in [1.29, 1.82) is 0 Å². The van der Waals surface area contributed by atoms with Gasteiger partial charge >= 0.3 is 0 Å². The first-order valence-corrected chi connectivity index (χ1v) is 6.06. The van der Waals surface area contributed by atoms with Crippen molar-refractivity contribution in [3.63, 3.8) is 0 Å². The highest BCUT2D eigenvalue weighted by Crippen LogP contribution is 2.11. The summed E-state index contributed by atoms with van der Waals surface area (Å²) in [6.45, 7) is 5.18. The van der Waals surface area contributed by atoms with Crippen molar-refractivity contribution in [2.45, 2.75) is 32.7 Å². The van der Waals surface area contributed by atoms with Crippen molar-refractivity contribution >= 4 is 11.6 Å². The van der Waals surface area contributed by atoms with Crippen LogP contribution in [-0.4, -0.2) is 41.5 Å². The second-order valence-corrected chi connectivity index (χ2v) is 4.65. The van der Waals surface area contributed by atoms with E-state index in [1.54, 1.807) is 6.07 Å². The fraction of sp³-hybridized carbons (Fsp3) is 0.667. The molecule has 0 saturated carbocycles. The number of hydrogen-bond donors (Lipinski definition) is 2. The average molecular weight is 237 g/mol. The zero-order valence-electron chi connectivity index (χ0n) is 11.2. The molecule has 0 aliphatic rings. The van der Waals surface area contributed by atoms with Crippen molar-refractivity contribution in [3.8, 4) is 0 Å². The van der Waals surface area contributed by atoms with Gasteiger partial charge in [-0.2, -0.15) is 0 Å². The van der Waals surface area contributed by atoms with Gasteiger partial charge in [-0.3, -0.25) is 0 Å². The molecule has 1 heterocycles. The van der Waals surface area contributed by atoms with Crippen LogP contribution in [0.4, 0.5) is 11.6 Å². The predicted molar refractivity (Wildman–Crippen MR) is 72.1 cm³/mol. The number of nitrogen functional groups attached to an aromatic ring is 1. The smallest absolute Gasteiger partial charge is 0.133 e. The Kier molecular flexibility index (Phi) is 5.15. The number of rotatable bonds is 6. The highest BCUT2D eigenvalue weighted by atomic mass is 15.1. The molecule has 96 valence electrons. The van der Waals surface area contributed by atoms with Crippen LogP contribution in [-0.2, 0) is 6.42 Å². The van der Waals surface area contributed by atoms with Crippen LogP contribution in [0, 0.1) is 0 Å². The number of hydrogen-bond acceptors (Lipinski definition) is 5. The predicted octanol–water partition coefficient (Wildman–Crippen LogP) is 1.37. The summed E-state index contributed by atoms with van der Waals surface area (Å²) in [6, 6.07) is 2.11. The Balaban J connectivity index is 2.69. The monoisotopic (exact) mass is 237 g/mol. The molecule has 1 aromatic rings. The molecule has 0 spiro atoms. The van der Waals surface area contributed by atoms with E-state index in [0.29, 0.717) is 11.9 Å². The largest absolute Gasteiger partial charge is 0.384 e. The summed E-state index contributed by atoms with van der Waals surface area (Å²) in [4.78, 5) is 10.8. The van der Waals surface area contributed by atoms with Gasteiger partial charge in [-0.1, -0.05) is 6.92 Å². The normalized spacial score (nSPS) is 12.8. The lowest BCUT2D eigenvalue weighted by Gasteiger charge is -2.19. The number of nitrogens with one attached hydrogen (secondary N) is 1. The third-order valence-electron chi connectivity index (χ3n) is 2.30. The van der Waals surface area contributed by atoms with E-state index < -0.39 is 0 Å². The first kappa shape index (κ1) is 13.7. The lowest BCUT2D eigenvalue weighted by Crippen LogP contribution is -2.30. The molecular weight excluding hydrogens is 214 g/mol. The van der Waals surface area contributed by atoms with Crippen LogP contribution < -0.4 is 11.1 Å². The summed E-state index contributed by atoms with van der Waals surface area (Å²) in [5, 5.41) is 3.34. The summed E-state index contributed by atoms with van der Waals surface area (Å²) < 4.78 is 0. The molecule has 0 amide bonds. The molecular formula is C12H23N5. The second kappa shape index (κ2) is 6.39. The van der Waals surface area contributed by atoms with Gasteiger partial charge in [0, 0.05) is 25.1 Å². The maximum absolute atomic E-state index is 5.77. The van der Waals surface area contributed by atoms with Crippen LogP contribution in [0.2, 0.25) is 0 Å². The van der Waals surface area contributed by atoms with Gasteiger partial charge in [0.1, 0.15) is 17.5 Å². The molecule has 1 aromatic heterocycles. The van der Waals surface area contributed by atoms with Crippen molar-refractivity contribution in [2.75, 3.05) is 31.7 Å². The third-order valence-corrected chi connectivity index (χ3v) is 2.30. The Labute approximate surface area is 103 Å². The van der Waals surface area contributed by atoms with Gasteiger partial charge in [-0.15, -0.1) is 0 Å². The Hall–Kier alpha value is -1.36. The summed E-state index contributed by atoms with van der Waals surface area (Å²) in [5.41, 5.74) is 5.77. The second-order valence-electron chi connectivity index (χ2n) is 4.65. The number of aromatic nitrogens is 2. The first-order valence-electron chi connectivity index (χ1n) is 6.06. The van der Waals surface area contributed by atoms with Crippen LogP contribution in [0.5, 0.6) is 0 Å². The average Bonchev–Trinajstić information content (AvgIpc) is 2.14.